The molecule has 0 saturated carbocycles. The second-order valence-corrected chi connectivity index (χ2v) is 5.94. The van der Waals surface area contributed by atoms with Gasteiger partial charge in [0.15, 0.2) is 11.5 Å². The topological polar surface area (TPSA) is 56.8 Å². The number of benzene rings is 2. The molecular weight excluding hydrogens is 318 g/mol. The average Bonchev–Trinajstić information content (AvgIpc) is 2.60. The monoisotopic (exact) mass is 343 g/mol. The van der Waals surface area contributed by atoms with Crippen molar-refractivity contribution in [2.75, 3.05) is 19.5 Å². The number of nitrogens with one attached hydrogen (secondary N) is 1. The van der Waals surface area contributed by atoms with E-state index in [2.05, 4.69) is 18.3 Å². The van der Waals surface area contributed by atoms with Gasteiger partial charge < -0.3 is 19.5 Å². The molecule has 0 aliphatic rings. The Balaban J connectivity index is 1.96. The fourth-order valence-electron chi connectivity index (χ4n) is 2.46. The second-order valence-electron chi connectivity index (χ2n) is 5.94. The van der Waals surface area contributed by atoms with E-state index in [-0.39, 0.29) is 5.91 Å². The van der Waals surface area contributed by atoms with Crippen LogP contribution in [0.4, 0.5) is 5.69 Å². The summed E-state index contributed by atoms with van der Waals surface area (Å²) < 4.78 is 16.1. The van der Waals surface area contributed by atoms with E-state index in [9.17, 15) is 4.79 Å². The molecule has 1 N–H and O–H groups in total. The van der Waals surface area contributed by atoms with Crippen molar-refractivity contribution < 1.29 is 19.0 Å². The summed E-state index contributed by atoms with van der Waals surface area (Å²) in [6.07, 6.45) is -0.575. The molecule has 25 heavy (non-hydrogen) atoms. The van der Waals surface area contributed by atoms with E-state index in [0.29, 0.717) is 23.8 Å². The molecular formula is C20H25NO4. The number of carbonyl (C=O) groups excluding carboxylic acids is 1. The maximum absolute atomic E-state index is 12.3. The zero-order valence-electron chi connectivity index (χ0n) is 15.4. The first-order valence-electron chi connectivity index (χ1n) is 8.15. The molecule has 0 radical (unpaired) electrons. The minimum Gasteiger partial charge on any atom is -0.493 e. The summed E-state index contributed by atoms with van der Waals surface area (Å²) in [5.41, 5.74) is 4.08. The zero-order valence-corrected chi connectivity index (χ0v) is 15.4. The number of aryl methyl sites for hydroxylation is 2. The Morgan fingerprint density at radius 3 is 2.40 bits per heavy atom. The van der Waals surface area contributed by atoms with Crippen molar-refractivity contribution in [3.63, 3.8) is 0 Å². The third-order valence-electron chi connectivity index (χ3n) is 4.01. The van der Waals surface area contributed by atoms with E-state index in [1.807, 2.05) is 19.1 Å². The molecule has 1 atom stereocenters. The van der Waals surface area contributed by atoms with Crippen LogP contribution in [0.2, 0.25) is 0 Å². The Morgan fingerprint density at radius 2 is 1.76 bits per heavy atom. The van der Waals surface area contributed by atoms with Gasteiger partial charge in [-0.25, -0.2) is 0 Å². The smallest absolute Gasteiger partial charge is 0.253 e. The minimum absolute atomic E-state index is 0.211. The first-order valence-corrected chi connectivity index (χ1v) is 8.15. The number of amides is 1. The highest BCUT2D eigenvalue weighted by Crippen LogP contribution is 2.29. The zero-order chi connectivity index (χ0) is 18.4. The van der Waals surface area contributed by atoms with E-state index >= 15 is 0 Å². The van der Waals surface area contributed by atoms with E-state index in [1.165, 1.54) is 5.56 Å². The summed E-state index contributed by atoms with van der Waals surface area (Å²) in [4.78, 5) is 12.3. The van der Waals surface area contributed by atoms with Crippen LogP contribution in [0.5, 0.6) is 11.5 Å². The number of methoxy groups -OCH3 is 2. The van der Waals surface area contributed by atoms with Crippen molar-refractivity contribution >= 4 is 11.6 Å². The fraction of sp³-hybridized carbons (Fsp3) is 0.350. The molecule has 2 aromatic rings. The highest BCUT2D eigenvalue weighted by molar-refractivity contribution is 5.94. The van der Waals surface area contributed by atoms with Crippen LogP contribution >= 0.6 is 0 Å². The molecule has 0 bridgehead atoms. The Bertz CT molecular complexity index is 742. The molecule has 5 nitrogen and oxygen atoms in total. The van der Waals surface area contributed by atoms with Gasteiger partial charge in [0.2, 0.25) is 0 Å². The van der Waals surface area contributed by atoms with E-state index < -0.39 is 6.10 Å². The number of ether oxygens (including phenoxy) is 3. The maximum atomic E-state index is 12.3. The van der Waals surface area contributed by atoms with Crippen LogP contribution in [0, 0.1) is 13.8 Å². The Kier molecular flexibility index (Phi) is 6.42. The van der Waals surface area contributed by atoms with Gasteiger partial charge >= 0.3 is 0 Å². The van der Waals surface area contributed by atoms with E-state index in [4.69, 9.17) is 14.2 Å². The quantitative estimate of drug-likeness (QED) is 0.829. The second kappa shape index (κ2) is 8.53. The van der Waals surface area contributed by atoms with Crippen LogP contribution in [0.1, 0.15) is 23.6 Å². The molecule has 1 amide bonds. The van der Waals surface area contributed by atoms with Gasteiger partial charge in [-0.15, -0.1) is 0 Å². The Labute approximate surface area is 148 Å². The molecule has 0 aliphatic carbocycles. The molecule has 2 rings (SSSR count). The lowest BCUT2D eigenvalue weighted by Crippen LogP contribution is -2.27. The highest BCUT2D eigenvalue weighted by atomic mass is 16.5. The first-order chi connectivity index (χ1) is 11.9. The molecule has 0 spiro atoms. The molecule has 5 heteroatoms. The first kappa shape index (κ1) is 18.8. The van der Waals surface area contributed by atoms with E-state index in [0.717, 1.165) is 11.1 Å². The maximum Gasteiger partial charge on any atom is 0.253 e. The van der Waals surface area contributed by atoms with Gasteiger partial charge in [-0.3, -0.25) is 4.79 Å². The third-order valence-corrected chi connectivity index (χ3v) is 4.01. The predicted molar refractivity (Wildman–Crippen MR) is 98.3 cm³/mol. The van der Waals surface area contributed by atoms with Crippen molar-refractivity contribution in [1.82, 2.24) is 0 Å². The minimum atomic E-state index is -0.575. The molecule has 134 valence electrons. The lowest BCUT2D eigenvalue weighted by Gasteiger charge is -2.15. The van der Waals surface area contributed by atoms with Crippen LogP contribution in [0.3, 0.4) is 0 Å². The van der Waals surface area contributed by atoms with Gasteiger partial charge in [0.25, 0.3) is 5.91 Å². The summed E-state index contributed by atoms with van der Waals surface area (Å²) in [5.74, 6) is 0.959. The van der Waals surface area contributed by atoms with Crippen LogP contribution in [0.25, 0.3) is 0 Å². The molecule has 0 saturated heterocycles. The Hall–Kier alpha value is -2.53. The normalized spacial score (nSPS) is 11.7. The molecule has 0 aromatic heterocycles. The number of hydrogen-bond donors (Lipinski definition) is 1. The van der Waals surface area contributed by atoms with Crippen molar-refractivity contribution in [1.29, 1.82) is 0 Å². The molecule has 0 heterocycles. The summed E-state index contributed by atoms with van der Waals surface area (Å²) in [6, 6.07) is 11.4. The molecule has 0 aliphatic heterocycles. The van der Waals surface area contributed by atoms with Crippen LogP contribution in [0.15, 0.2) is 36.4 Å². The third kappa shape index (κ3) is 4.97. The van der Waals surface area contributed by atoms with Crippen molar-refractivity contribution in [2.45, 2.75) is 33.5 Å². The summed E-state index contributed by atoms with van der Waals surface area (Å²) in [5, 5.41) is 2.83. The lowest BCUT2D eigenvalue weighted by molar-refractivity contribution is -0.127. The molecule has 1 unspecified atom stereocenters. The van der Waals surface area contributed by atoms with Gasteiger partial charge in [-0.1, -0.05) is 23.8 Å². The van der Waals surface area contributed by atoms with Crippen LogP contribution in [-0.4, -0.2) is 26.2 Å². The van der Waals surface area contributed by atoms with Crippen molar-refractivity contribution in [2.24, 2.45) is 0 Å². The van der Waals surface area contributed by atoms with Gasteiger partial charge in [0, 0.05) is 11.8 Å². The number of rotatable bonds is 7. The number of hydrogen-bond acceptors (Lipinski definition) is 4. The van der Waals surface area contributed by atoms with Crippen molar-refractivity contribution in [3.8, 4) is 11.5 Å². The number of carbonyl (C=O) groups is 1. The molecule has 0 fully saturated rings. The van der Waals surface area contributed by atoms with Crippen LogP contribution in [-0.2, 0) is 16.1 Å². The lowest BCUT2D eigenvalue weighted by atomic mass is 10.1. The van der Waals surface area contributed by atoms with Gasteiger partial charge in [0.1, 0.15) is 6.10 Å². The summed E-state index contributed by atoms with van der Waals surface area (Å²) >= 11 is 0. The van der Waals surface area contributed by atoms with Crippen molar-refractivity contribution in [3.05, 3.63) is 53.1 Å². The van der Waals surface area contributed by atoms with Gasteiger partial charge in [-0.2, -0.15) is 0 Å². The van der Waals surface area contributed by atoms with Gasteiger partial charge in [-0.05, 0) is 44.0 Å². The van der Waals surface area contributed by atoms with Crippen LogP contribution < -0.4 is 14.8 Å². The van der Waals surface area contributed by atoms with Gasteiger partial charge in [0.05, 0.1) is 20.8 Å². The SMILES string of the molecule is COc1ccc(NC(=O)C(C)OCc2ccc(C)cc2C)cc1OC. The average molecular weight is 343 g/mol. The molecule has 2 aromatic carbocycles. The summed E-state index contributed by atoms with van der Waals surface area (Å²) in [7, 11) is 3.12. The largest absolute Gasteiger partial charge is 0.493 e. The standard InChI is InChI=1S/C20H25NO4/c1-13-6-7-16(14(2)10-13)12-25-15(3)20(22)21-17-8-9-18(23-4)19(11-17)24-5/h6-11,15H,12H2,1-5H3,(H,21,22). The number of anilines is 1. The Morgan fingerprint density at radius 1 is 1.04 bits per heavy atom. The van der Waals surface area contributed by atoms with E-state index in [1.54, 1.807) is 39.3 Å². The fourth-order valence-corrected chi connectivity index (χ4v) is 2.46. The predicted octanol–water partition coefficient (Wildman–Crippen LogP) is 3.86. The summed E-state index contributed by atoms with van der Waals surface area (Å²) in [6.45, 7) is 6.23. The highest BCUT2D eigenvalue weighted by Gasteiger charge is 2.15.